The second-order valence-corrected chi connectivity index (χ2v) is 1.64. The minimum Gasteiger partial charge on any atom is -0.427 e. The van der Waals surface area contributed by atoms with E-state index in [1.54, 1.807) is 0 Å². The fraction of sp³-hybridized carbons (Fsp3) is 0.800. The van der Waals surface area contributed by atoms with E-state index in [2.05, 4.69) is 4.74 Å². The van der Waals surface area contributed by atoms with E-state index in [-0.39, 0.29) is 6.29 Å². The minimum absolute atomic E-state index is 0.313. The van der Waals surface area contributed by atoms with Crippen molar-refractivity contribution in [2.75, 3.05) is 6.61 Å². The molecule has 1 fully saturated rings. The summed E-state index contributed by atoms with van der Waals surface area (Å²) in [6.07, 6.45) is 1.48. The molecule has 1 rings (SSSR count). The monoisotopic (exact) mass is 115 g/mol. The zero-order valence-corrected chi connectivity index (χ0v) is 4.42. The summed E-state index contributed by atoms with van der Waals surface area (Å²) in [6.45, 7) is 2.04. The van der Waals surface area contributed by atoms with E-state index >= 15 is 0 Å². The van der Waals surface area contributed by atoms with Gasteiger partial charge in [-0.05, 0) is 6.42 Å². The molecule has 3 heteroatoms. The van der Waals surface area contributed by atoms with Gasteiger partial charge in [0.05, 0.1) is 6.61 Å². The second-order valence-electron chi connectivity index (χ2n) is 1.64. The Labute approximate surface area is 47.6 Å². The van der Waals surface area contributed by atoms with Gasteiger partial charge in [-0.1, -0.05) is 0 Å². The Morgan fingerprint density at radius 1 is 1.75 bits per heavy atom. The summed E-state index contributed by atoms with van der Waals surface area (Å²) < 4.78 is 9.28. The van der Waals surface area contributed by atoms with Gasteiger partial charge in [-0.2, -0.15) is 0 Å². The maximum absolute atomic E-state index is 9.53. The molecule has 0 amide bonds. The van der Waals surface area contributed by atoms with Crippen molar-refractivity contribution in [1.82, 2.24) is 0 Å². The molecule has 0 aromatic heterocycles. The van der Waals surface area contributed by atoms with Gasteiger partial charge in [0.2, 0.25) is 6.29 Å². The van der Waals surface area contributed by atoms with Crippen LogP contribution in [0.4, 0.5) is 0 Å². The minimum atomic E-state index is -0.313. The summed E-state index contributed by atoms with van der Waals surface area (Å²) in [5, 5.41) is 0. The van der Waals surface area contributed by atoms with Crippen LogP contribution in [0.25, 0.3) is 0 Å². The molecule has 0 N–H and O–H groups in total. The molecule has 1 aliphatic rings. The topological polar surface area (TPSA) is 35.5 Å². The molecule has 0 bridgehead atoms. The standard InChI is InChI=1S/C5H7O3/c6-4-8-5-2-1-3-7-5/h5H,1-3H2/t5-/m0/s1. The zero-order valence-electron chi connectivity index (χ0n) is 4.42. The third-order valence-electron chi connectivity index (χ3n) is 1.07. The molecule has 8 heavy (non-hydrogen) atoms. The fourth-order valence-corrected chi connectivity index (χ4v) is 0.695. The van der Waals surface area contributed by atoms with E-state index in [1.165, 1.54) is 6.47 Å². The Hall–Kier alpha value is -0.570. The van der Waals surface area contributed by atoms with Gasteiger partial charge in [-0.3, -0.25) is 0 Å². The van der Waals surface area contributed by atoms with Crippen molar-refractivity contribution in [3.8, 4) is 0 Å². The first kappa shape index (κ1) is 5.56. The van der Waals surface area contributed by atoms with E-state index in [4.69, 9.17) is 4.74 Å². The predicted molar refractivity (Wildman–Crippen MR) is 25.8 cm³/mol. The highest BCUT2D eigenvalue weighted by molar-refractivity contribution is 5.38. The lowest BCUT2D eigenvalue weighted by Gasteiger charge is -2.02. The van der Waals surface area contributed by atoms with Crippen molar-refractivity contribution < 1.29 is 14.3 Å². The highest BCUT2D eigenvalue weighted by Gasteiger charge is 2.15. The molecule has 0 saturated carbocycles. The maximum Gasteiger partial charge on any atom is 0.419 e. The van der Waals surface area contributed by atoms with Gasteiger partial charge < -0.3 is 9.47 Å². The third-order valence-corrected chi connectivity index (χ3v) is 1.07. The van der Waals surface area contributed by atoms with Gasteiger partial charge in [0.25, 0.3) is 0 Å². The number of ether oxygens (including phenoxy) is 2. The van der Waals surface area contributed by atoms with Crippen LogP contribution < -0.4 is 0 Å². The summed E-state index contributed by atoms with van der Waals surface area (Å²) in [5.41, 5.74) is 0. The van der Waals surface area contributed by atoms with Crippen molar-refractivity contribution in [3.63, 3.8) is 0 Å². The highest BCUT2D eigenvalue weighted by atomic mass is 16.7. The molecule has 0 aliphatic carbocycles. The molecule has 0 aromatic carbocycles. The van der Waals surface area contributed by atoms with Crippen LogP contribution in [0.1, 0.15) is 12.8 Å². The first-order valence-corrected chi connectivity index (χ1v) is 2.58. The lowest BCUT2D eigenvalue weighted by molar-refractivity contribution is -0.0492. The van der Waals surface area contributed by atoms with E-state index in [1.807, 2.05) is 0 Å². The molecule has 3 nitrogen and oxygen atoms in total. The lowest BCUT2D eigenvalue weighted by Crippen LogP contribution is -2.08. The van der Waals surface area contributed by atoms with Gasteiger partial charge in [-0.15, -0.1) is 0 Å². The zero-order chi connectivity index (χ0) is 5.82. The van der Waals surface area contributed by atoms with Crippen molar-refractivity contribution in [2.45, 2.75) is 19.1 Å². The smallest absolute Gasteiger partial charge is 0.419 e. The maximum atomic E-state index is 9.53. The molecule has 1 heterocycles. The Bertz CT molecular complexity index is 75.7. The van der Waals surface area contributed by atoms with Gasteiger partial charge in [0.1, 0.15) is 0 Å². The SMILES string of the molecule is O=[C]O[C@H]1CCCO1. The normalized spacial score (nSPS) is 27.8. The van der Waals surface area contributed by atoms with Gasteiger partial charge in [-0.25, -0.2) is 4.79 Å². The molecule has 1 aliphatic heterocycles. The van der Waals surface area contributed by atoms with Crippen LogP contribution in [0.5, 0.6) is 0 Å². The molecule has 1 atom stereocenters. The molecule has 1 radical (unpaired) electrons. The molecule has 45 valence electrons. The summed E-state index contributed by atoms with van der Waals surface area (Å²) in [7, 11) is 0. The van der Waals surface area contributed by atoms with Crippen LogP contribution in [0.2, 0.25) is 0 Å². The fourth-order valence-electron chi connectivity index (χ4n) is 0.695. The van der Waals surface area contributed by atoms with Crippen LogP contribution >= 0.6 is 0 Å². The van der Waals surface area contributed by atoms with E-state index in [0.29, 0.717) is 6.61 Å². The van der Waals surface area contributed by atoms with Crippen LogP contribution in [0.15, 0.2) is 0 Å². The van der Waals surface area contributed by atoms with E-state index in [0.717, 1.165) is 12.8 Å². The highest BCUT2D eigenvalue weighted by Crippen LogP contribution is 2.11. The summed E-state index contributed by atoms with van der Waals surface area (Å²) >= 11 is 0. The largest absolute Gasteiger partial charge is 0.427 e. The van der Waals surface area contributed by atoms with Gasteiger partial charge >= 0.3 is 6.47 Å². The van der Waals surface area contributed by atoms with Crippen LogP contribution in [-0.4, -0.2) is 19.4 Å². The van der Waals surface area contributed by atoms with Gasteiger partial charge in [0, 0.05) is 6.42 Å². The van der Waals surface area contributed by atoms with Crippen LogP contribution in [0.3, 0.4) is 0 Å². The second kappa shape index (κ2) is 2.67. The Kier molecular flexibility index (Phi) is 1.86. The number of hydrogen-bond donors (Lipinski definition) is 0. The Balaban J connectivity index is 2.14. The van der Waals surface area contributed by atoms with E-state index < -0.39 is 0 Å². The van der Waals surface area contributed by atoms with E-state index in [9.17, 15) is 4.79 Å². The van der Waals surface area contributed by atoms with Crippen molar-refractivity contribution in [3.05, 3.63) is 0 Å². The third kappa shape index (κ3) is 1.20. The summed E-state index contributed by atoms with van der Waals surface area (Å²) in [5.74, 6) is 0. The Morgan fingerprint density at radius 2 is 2.62 bits per heavy atom. The number of carbonyl (C=O) groups excluding carboxylic acids is 1. The molecular formula is C5H7O3. The quantitative estimate of drug-likeness (QED) is 0.516. The predicted octanol–water partition coefficient (Wildman–Crippen LogP) is 0.207. The molecule has 0 aromatic rings. The molecular weight excluding hydrogens is 108 g/mol. The van der Waals surface area contributed by atoms with Crippen molar-refractivity contribution in [2.24, 2.45) is 0 Å². The lowest BCUT2D eigenvalue weighted by atomic mass is 10.4. The molecule has 0 unspecified atom stereocenters. The first-order valence-electron chi connectivity index (χ1n) is 2.58. The number of rotatable bonds is 2. The Morgan fingerprint density at radius 3 is 3.12 bits per heavy atom. The van der Waals surface area contributed by atoms with Crippen LogP contribution in [0, 0.1) is 0 Å². The van der Waals surface area contributed by atoms with Gasteiger partial charge in [0.15, 0.2) is 0 Å². The van der Waals surface area contributed by atoms with Crippen molar-refractivity contribution in [1.29, 1.82) is 0 Å². The average molecular weight is 115 g/mol. The van der Waals surface area contributed by atoms with Crippen molar-refractivity contribution >= 4 is 6.47 Å². The summed E-state index contributed by atoms with van der Waals surface area (Å²) in [6, 6.07) is 0. The van der Waals surface area contributed by atoms with Crippen LogP contribution in [-0.2, 0) is 14.3 Å². The average Bonchev–Trinajstić information content (AvgIpc) is 2.19. The molecule has 1 saturated heterocycles. The first-order chi connectivity index (χ1) is 3.93. The molecule has 0 spiro atoms. The number of hydrogen-bond acceptors (Lipinski definition) is 3. The summed E-state index contributed by atoms with van der Waals surface area (Å²) in [4.78, 5) is 9.53.